The minimum atomic E-state index is -0.923. The SMILES string of the molecule is Oc1ccc(C(O)c2c[nH]c3nnnc(-c4ncccn4)c23)cc1. The lowest BCUT2D eigenvalue weighted by molar-refractivity contribution is 0.222. The van der Waals surface area contributed by atoms with Crippen LogP contribution in [-0.2, 0) is 0 Å². The molecule has 0 amide bonds. The topological polar surface area (TPSA) is 121 Å². The van der Waals surface area contributed by atoms with Gasteiger partial charge >= 0.3 is 0 Å². The lowest BCUT2D eigenvalue weighted by Gasteiger charge is -2.11. The second-order valence-electron chi connectivity index (χ2n) is 5.17. The van der Waals surface area contributed by atoms with E-state index in [1.807, 2.05) is 0 Å². The zero-order valence-corrected chi connectivity index (χ0v) is 12.3. The lowest BCUT2D eigenvalue weighted by atomic mass is 10.0. The third-order valence-electron chi connectivity index (χ3n) is 3.70. The summed E-state index contributed by atoms with van der Waals surface area (Å²) in [5.41, 5.74) is 2.14. The molecule has 8 heteroatoms. The first-order valence-corrected chi connectivity index (χ1v) is 7.19. The fourth-order valence-corrected chi connectivity index (χ4v) is 2.55. The standard InChI is InChI=1S/C16H12N6O2/c23-10-4-2-9(3-5-10)14(24)11-8-19-15-12(11)13(20-22-21-15)16-17-6-1-7-18-16/h1-8,14,23-24H,(H,19,20,21). The van der Waals surface area contributed by atoms with Crippen molar-refractivity contribution >= 4 is 11.0 Å². The van der Waals surface area contributed by atoms with Gasteiger partial charge in [0.05, 0.1) is 5.39 Å². The smallest absolute Gasteiger partial charge is 0.180 e. The molecule has 4 rings (SSSR count). The van der Waals surface area contributed by atoms with Gasteiger partial charge in [-0.25, -0.2) is 9.97 Å². The average molecular weight is 320 g/mol. The van der Waals surface area contributed by atoms with Crippen LogP contribution in [0.1, 0.15) is 17.2 Å². The van der Waals surface area contributed by atoms with Crippen molar-refractivity contribution in [3.63, 3.8) is 0 Å². The second kappa shape index (κ2) is 5.67. The van der Waals surface area contributed by atoms with E-state index >= 15 is 0 Å². The summed E-state index contributed by atoms with van der Waals surface area (Å²) in [5, 5.41) is 32.4. The predicted molar refractivity (Wildman–Crippen MR) is 84.9 cm³/mol. The van der Waals surface area contributed by atoms with Crippen LogP contribution in [0.3, 0.4) is 0 Å². The molecule has 0 radical (unpaired) electrons. The number of nitrogens with zero attached hydrogens (tertiary/aromatic N) is 5. The van der Waals surface area contributed by atoms with E-state index in [4.69, 9.17) is 0 Å². The summed E-state index contributed by atoms with van der Waals surface area (Å²) in [6, 6.07) is 8.05. The van der Waals surface area contributed by atoms with Gasteiger partial charge in [-0.3, -0.25) is 0 Å². The van der Waals surface area contributed by atoms with Crippen LogP contribution in [-0.4, -0.2) is 40.6 Å². The van der Waals surface area contributed by atoms with Gasteiger partial charge < -0.3 is 15.2 Å². The molecule has 0 aliphatic heterocycles. The molecule has 3 N–H and O–H groups in total. The van der Waals surface area contributed by atoms with Gasteiger partial charge in [-0.05, 0) is 29.0 Å². The number of aromatic hydroxyl groups is 1. The van der Waals surface area contributed by atoms with E-state index < -0.39 is 6.10 Å². The molecule has 0 saturated carbocycles. The number of benzene rings is 1. The van der Waals surface area contributed by atoms with E-state index in [-0.39, 0.29) is 5.75 Å². The van der Waals surface area contributed by atoms with Crippen LogP contribution in [0.25, 0.3) is 22.6 Å². The molecule has 8 nitrogen and oxygen atoms in total. The van der Waals surface area contributed by atoms with Crippen LogP contribution >= 0.6 is 0 Å². The van der Waals surface area contributed by atoms with Crippen molar-refractivity contribution in [2.75, 3.05) is 0 Å². The lowest BCUT2D eigenvalue weighted by Crippen LogP contribution is -2.02. The second-order valence-corrected chi connectivity index (χ2v) is 5.17. The first-order chi connectivity index (χ1) is 11.7. The zero-order valence-electron chi connectivity index (χ0n) is 12.3. The number of rotatable bonds is 3. The van der Waals surface area contributed by atoms with Gasteiger partial charge in [0.15, 0.2) is 11.5 Å². The Labute approximate surface area is 135 Å². The summed E-state index contributed by atoms with van der Waals surface area (Å²) < 4.78 is 0. The van der Waals surface area contributed by atoms with Gasteiger partial charge in [-0.15, -0.1) is 10.2 Å². The van der Waals surface area contributed by atoms with Gasteiger partial charge in [-0.2, -0.15) is 0 Å². The van der Waals surface area contributed by atoms with Gasteiger partial charge in [-0.1, -0.05) is 12.1 Å². The number of hydrogen-bond donors (Lipinski definition) is 3. The molecule has 0 aliphatic rings. The average Bonchev–Trinajstić information content (AvgIpc) is 3.06. The van der Waals surface area contributed by atoms with Crippen molar-refractivity contribution in [3.8, 4) is 17.3 Å². The minimum Gasteiger partial charge on any atom is -0.508 e. The summed E-state index contributed by atoms with van der Waals surface area (Å²) in [5.74, 6) is 0.534. The zero-order chi connectivity index (χ0) is 16.5. The summed E-state index contributed by atoms with van der Waals surface area (Å²) in [4.78, 5) is 11.4. The molecule has 0 fully saturated rings. The molecule has 0 spiro atoms. The largest absolute Gasteiger partial charge is 0.508 e. The number of fused-ring (bicyclic) bond motifs is 1. The van der Waals surface area contributed by atoms with Gasteiger partial charge in [0.25, 0.3) is 0 Å². The first kappa shape index (κ1) is 14.2. The van der Waals surface area contributed by atoms with Crippen molar-refractivity contribution in [1.29, 1.82) is 0 Å². The van der Waals surface area contributed by atoms with Crippen LogP contribution in [0, 0.1) is 0 Å². The summed E-state index contributed by atoms with van der Waals surface area (Å²) in [6.07, 6.45) is 3.95. The van der Waals surface area contributed by atoms with E-state index in [2.05, 4.69) is 30.4 Å². The molecule has 1 aromatic carbocycles. The maximum atomic E-state index is 10.7. The Morgan fingerprint density at radius 2 is 1.75 bits per heavy atom. The third kappa shape index (κ3) is 2.34. The highest BCUT2D eigenvalue weighted by Crippen LogP contribution is 2.32. The van der Waals surface area contributed by atoms with E-state index in [0.29, 0.717) is 33.7 Å². The van der Waals surface area contributed by atoms with Crippen molar-refractivity contribution in [3.05, 3.63) is 60.0 Å². The quantitative estimate of drug-likeness (QED) is 0.524. The Balaban J connectivity index is 1.89. The number of phenolic OH excluding ortho intramolecular Hbond substituents is 1. The Hall–Kier alpha value is -3.39. The van der Waals surface area contributed by atoms with Crippen molar-refractivity contribution in [2.24, 2.45) is 0 Å². The van der Waals surface area contributed by atoms with Crippen LogP contribution < -0.4 is 0 Å². The number of aromatic nitrogens is 6. The fourth-order valence-electron chi connectivity index (χ4n) is 2.55. The molecule has 4 aromatic rings. The summed E-state index contributed by atoms with van der Waals surface area (Å²) in [7, 11) is 0. The maximum absolute atomic E-state index is 10.7. The summed E-state index contributed by atoms with van der Waals surface area (Å²) in [6.45, 7) is 0. The van der Waals surface area contributed by atoms with Crippen molar-refractivity contribution in [2.45, 2.75) is 6.10 Å². The summed E-state index contributed by atoms with van der Waals surface area (Å²) >= 11 is 0. The number of aliphatic hydroxyl groups is 1. The van der Waals surface area contributed by atoms with E-state index in [1.54, 1.807) is 36.8 Å². The van der Waals surface area contributed by atoms with Crippen LogP contribution in [0.2, 0.25) is 0 Å². The Morgan fingerprint density at radius 1 is 1.00 bits per heavy atom. The molecule has 24 heavy (non-hydrogen) atoms. The highest BCUT2D eigenvalue weighted by molar-refractivity contribution is 5.91. The maximum Gasteiger partial charge on any atom is 0.180 e. The van der Waals surface area contributed by atoms with Crippen LogP contribution in [0.15, 0.2) is 48.9 Å². The van der Waals surface area contributed by atoms with Gasteiger partial charge in [0.1, 0.15) is 17.5 Å². The van der Waals surface area contributed by atoms with Crippen molar-refractivity contribution < 1.29 is 10.2 Å². The molecule has 3 aromatic heterocycles. The van der Waals surface area contributed by atoms with Crippen LogP contribution in [0.5, 0.6) is 5.75 Å². The number of nitrogens with one attached hydrogen (secondary N) is 1. The van der Waals surface area contributed by atoms with Crippen LogP contribution in [0.4, 0.5) is 0 Å². The predicted octanol–water partition coefficient (Wildman–Crippen LogP) is 1.60. The van der Waals surface area contributed by atoms with Gasteiger partial charge in [0.2, 0.25) is 0 Å². The number of H-pyrrole nitrogens is 1. The monoisotopic (exact) mass is 320 g/mol. The van der Waals surface area contributed by atoms with E-state index in [1.165, 1.54) is 12.1 Å². The molecule has 118 valence electrons. The van der Waals surface area contributed by atoms with E-state index in [9.17, 15) is 10.2 Å². The normalized spacial score (nSPS) is 12.4. The molecule has 0 saturated heterocycles. The van der Waals surface area contributed by atoms with E-state index in [0.717, 1.165) is 0 Å². The third-order valence-corrected chi connectivity index (χ3v) is 3.70. The minimum absolute atomic E-state index is 0.135. The highest BCUT2D eigenvalue weighted by Gasteiger charge is 2.21. The highest BCUT2D eigenvalue weighted by atomic mass is 16.3. The number of phenols is 1. The Bertz CT molecular complexity index is 985. The van der Waals surface area contributed by atoms with Gasteiger partial charge in [0, 0.05) is 24.2 Å². The molecule has 0 aliphatic carbocycles. The molecular weight excluding hydrogens is 308 g/mol. The van der Waals surface area contributed by atoms with Crippen molar-refractivity contribution in [1.82, 2.24) is 30.4 Å². The first-order valence-electron chi connectivity index (χ1n) is 7.19. The Morgan fingerprint density at radius 3 is 2.50 bits per heavy atom. The molecular formula is C16H12N6O2. The number of aliphatic hydroxyl groups excluding tert-OH is 1. The fraction of sp³-hybridized carbons (Fsp3) is 0.0625. The molecule has 1 atom stereocenters. The molecule has 3 heterocycles. The Kier molecular flexibility index (Phi) is 3.36. The molecule has 1 unspecified atom stereocenters. The number of hydrogen-bond acceptors (Lipinski definition) is 7. The number of aromatic amines is 1. The molecule has 0 bridgehead atoms.